The summed E-state index contributed by atoms with van der Waals surface area (Å²) in [6.45, 7) is 2.10. The van der Waals surface area contributed by atoms with Gasteiger partial charge in [0.2, 0.25) is 0 Å². The first-order valence-corrected chi connectivity index (χ1v) is 7.50. The van der Waals surface area contributed by atoms with Crippen molar-refractivity contribution in [1.29, 1.82) is 0 Å². The third-order valence-electron chi connectivity index (χ3n) is 3.27. The lowest BCUT2D eigenvalue weighted by Gasteiger charge is -2.03. The van der Waals surface area contributed by atoms with Crippen LogP contribution >= 0.6 is 11.3 Å². The Balaban J connectivity index is 1.95. The first-order chi connectivity index (χ1) is 9.78. The second-order valence-corrected chi connectivity index (χ2v) is 5.73. The molecule has 0 bridgehead atoms. The lowest BCUT2D eigenvalue weighted by Crippen LogP contribution is -1.86. The Morgan fingerprint density at radius 1 is 0.900 bits per heavy atom. The molecule has 0 saturated heterocycles. The number of rotatable bonds is 3. The number of nitrogens with zero attached hydrogens (tertiary/aromatic N) is 1. The third kappa shape index (κ3) is 2.45. The van der Waals surface area contributed by atoms with Crippen molar-refractivity contribution in [3.8, 4) is 22.4 Å². The predicted molar refractivity (Wildman–Crippen MR) is 86.8 cm³/mol. The van der Waals surface area contributed by atoms with Crippen molar-refractivity contribution < 1.29 is 0 Å². The number of nitrogen functional groups attached to an aromatic ring is 1. The maximum absolute atomic E-state index is 6.05. The van der Waals surface area contributed by atoms with E-state index in [1.54, 1.807) is 11.3 Å². The van der Waals surface area contributed by atoms with Gasteiger partial charge in [0.05, 0.1) is 5.01 Å². The first-order valence-electron chi connectivity index (χ1n) is 6.69. The van der Waals surface area contributed by atoms with Gasteiger partial charge >= 0.3 is 0 Å². The lowest BCUT2D eigenvalue weighted by atomic mass is 10.0. The summed E-state index contributed by atoms with van der Waals surface area (Å²) >= 11 is 1.58. The van der Waals surface area contributed by atoms with Crippen LogP contribution in [0.1, 0.15) is 11.9 Å². The number of thiazole rings is 1. The summed E-state index contributed by atoms with van der Waals surface area (Å²) in [5, 5.41) is 1.89. The summed E-state index contributed by atoms with van der Waals surface area (Å²) in [4.78, 5) is 4.59. The van der Waals surface area contributed by atoms with Gasteiger partial charge in [0.1, 0.15) is 10.7 Å². The highest BCUT2D eigenvalue weighted by Gasteiger charge is 2.09. The summed E-state index contributed by atoms with van der Waals surface area (Å²) in [7, 11) is 0. The van der Waals surface area contributed by atoms with Gasteiger partial charge in [0, 0.05) is 5.56 Å². The molecular formula is C17H16N2S. The van der Waals surface area contributed by atoms with Gasteiger partial charge in [-0.2, -0.15) is 0 Å². The van der Waals surface area contributed by atoms with Crippen molar-refractivity contribution in [2.75, 3.05) is 5.73 Å². The van der Waals surface area contributed by atoms with Crippen LogP contribution in [0.5, 0.6) is 0 Å². The molecule has 3 heteroatoms. The van der Waals surface area contributed by atoms with Crippen molar-refractivity contribution >= 4 is 16.3 Å². The SMILES string of the molecule is CCc1nc(-c2ccc(-c3ccccc3)cc2)c(N)s1. The Morgan fingerprint density at radius 3 is 2.10 bits per heavy atom. The lowest BCUT2D eigenvalue weighted by molar-refractivity contribution is 1.10. The molecule has 0 aliphatic rings. The van der Waals surface area contributed by atoms with E-state index in [1.165, 1.54) is 11.1 Å². The molecule has 2 N–H and O–H groups in total. The van der Waals surface area contributed by atoms with Gasteiger partial charge in [-0.25, -0.2) is 4.98 Å². The molecule has 1 heterocycles. The van der Waals surface area contributed by atoms with Gasteiger partial charge in [0.25, 0.3) is 0 Å². The van der Waals surface area contributed by atoms with E-state index in [-0.39, 0.29) is 0 Å². The van der Waals surface area contributed by atoms with Gasteiger partial charge in [-0.05, 0) is 17.5 Å². The average Bonchev–Trinajstić information content (AvgIpc) is 2.89. The Morgan fingerprint density at radius 2 is 1.50 bits per heavy atom. The van der Waals surface area contributed by atoms with Crippen LogP contribution in [0, 0.1) is 0 Å². The van der Waals surface area contributed by atoms with Crippen LogP contribution in [0.4, 0.5) is 5.00 Å². The molecule has 3 rings (SSSR count). The van der Waals surface area contributed by atoms with E-state index in [1.807, 2.05) is 6.07 Å². The summed E-state index contributed by atoms with van der Waals surface area (Å²) in [5.74, 6) is 0. The second kappa shape index (κ2) is 5.47. The van der Waals surface area contributed by atoms with Crippen molar-refractivity contribution in [1.82, 2.24) is 4.98 Å². The number of hydrogen-bond acceptors (Lipinski definition) is 3. The largest absolute Gasteiger partial charge is 0.389 e. The van der Waals surface area contributed by atoms with E-state index in [0.717, 1.165) is 27.7 Å². The normalized spacial score (nSPS) is 10.7. The minimum absolute atomic E-state index is 0.800. The van der Waals surface area contributed by atoms with Crippen molar-refractivity contribution in [3.05, 3.63) is 59.6 Å². The molecule has 0 spiro atoms. The average molecular weight is 280 g/mol. The minimum Gasteiger partial charge on any atom is -0.389 e. The highest BCUT2D eigenvalue weighted by Crippen LogP contribution is 2.32. The van der Waals surface area contributed by atoms with Gasteiger partial charge in [-0.1, -0.05) is 61.5 Å². The number of aromatic nitrogens is 1. The van der Waals surface area contributed by atoms with Crippen LogP contribution in [0.3, 0.4) is 0 Å². The molecule has 20 heavy (non-hydrogen) atoms. The number of aryl methyl sites for hydroxylation is 1. The van der Waals surface area contributed by atoms with Crippen LogP contribution in [-0.2, 0) is 6.42 Å². The van der Waals surface area contributed by atoms with Crippen molar-refractivity contribution in [2.24, 2.45) is 0 Å². The number of benzene rings is 2. The first kappa shape index (κ1) is 12.9. The van der Waals surface area contributed by atoms with E-state index in [9.17, 15) is 0 Å². The molecule has 0 atom stereocenters. The molecule has 1 aromatic heterocycles. The van der Waals surface area contributed by atoms with Gasteiger partial charge in [0.15, 0.2) is 0 Å². The number of nitrogens with two attached hydrogens (primary N) is 1. The van der Waals surface area contributed by atoms with E-state index in [4.69, 9.17) is 5.73 Å². The molecule has 0 fully saturated rings. The number of anilines is 1. The van der Waals surface area contributed by atoms with E-state index in [0.29, 0.717) is 0 Å². The zero-order chi connectivity index (χ0) is 13.9. The summed E-state index contributed by atoms with van der Waals surface area (Å²) in [5.41, 5.74) is 10.5. The minimum atomic E-state index is 0.800. The quantitative estimate of drug-likeness (QED) is 0.760. The zero-order valence-corrected chi connectivity index (χ0v) is 12.2. The molecular weight excluding hydrogens is 264 g/mol. The number of hydrogen-bond donors (Lipinski definition) is 1. The van der Waals surface area contributed by atoms with Crippen molar-refractivity contribution in [3.63, 3.8) is 0 Å². The topological polar surface area (TPSA) is 38.9 Å². The molecule has 0 radical (unpaired) electrons. The van der Waals surface area contributed by atoms with Crippen LogP contribution in [-0.4, -0.2) is 4.98 Å². The monoisotopic (exact) mass is 280 g/mol. The standard InChI is InChI=1S/C17H16N2S/c1-2-15-19-16(17(18)20-15)14-10-8-13(9-11-14)12-6-4-3-5-7-12/h3-11H,2,18H2,1H3. The molecule has 2 nitrogen and oxygen atoms in total. The van der Waals surface area contributed by atoms with E-state index >= 15 is 0 Å². The molecule has 3 aromatic rings. The van der Waals surface area contributed by atoms with Crippen LogP contribution in [0.25, 0.3) is 22.4 Å². The maximum Gasteiger partial charge on any atom is 0.114 e. The molecule has 0 aliphatic carbocycles. The fraction of sp³-hybridized carbons (Fsp3) is 0.118. The highest BCUT2D eigenvalue weighted by molar-refractivity contribution is 7.16. The molecule has 0 saturated carbocycles. The molecule has 100 valence electrons. The Hall–Kier alpha value is -2.13. The van der Waals surface area contributed by atoms with Gasteiger partial charge in [-0.3, -0.25) is 0 Å². The zero-order valence-electron chi connectivity index (χ0n) is 11.3. The van der Waals surface area contributed by atoms with Crippen LogP contribution in [0.2, 0.25) is 0 Å². The maximum atomic E-state index is 6.05. The molecule has 0 amide bonds. The van der Waals surface area contributed by atoms with E-state index in [2.05, 4.69) is 60.4 Å². The molecule has 0 unspecified atom stereocenters. The highest BCUT2D eigenvalue weighted by atomic mass is 32.1. The van der Waals surface area contributed by atoms with Crippen molar-refractivity contribution in [2.45, 2.75) is 13.3 Å². The Kier molecular flexibility index (Phi) is 3.52. The van der Waals surface area contributed by atoms with E-state index < -0.39 is 0 Å². The Bertz CT molecular complexity index is 700. The molecule has 0 aliphatic heterocycles. The third-order valence-corrected chi connectivity index (χ3v) is 4.29. The fourth-order valence-electron chi connectivity index (χ4n) is 2.19. The van der Waals surface area contributed by atoms with Gasteiger partial charge in [-0.15, -0.1) is 11.3 Å². The predicted octanol–water partition coefficient (Wildman–Crippen LogP) is 4.62. The van der Waals surface area contributed by atoms with Crippen LogP contribution < -0.4 is 5.73 Å². The second-order valence-electron chi connectivity index (χ2n) is 4.62. The molecule has 2 aromatic carbocycles. The van der Waals surface area contributed by atoms with Gasteiger partial charge < -0.3 is 5.73 Å². The Labute approximate surface area is 122 Å². The fourth-order valence-corrected chi connectivity index (χ4v) is 2.98. The summed E-state index contributed by atoms with van der Waals surface area (Å²) in [6, 6.07) is 18.8. The smallest absolute Gasteiger partial charge is 0.114 e. The van der Waals surface area contributed by atoms with Crippen LogP contribution in [0.15, 0.2) is 54.6 Å². The summed E-state index contributed by atoms with van der Waals surface area (Å²) < 4.78 is 0. The summed E-state index contributed by atoms with van der Waals surface area (Å²) in [6.07, 6.45) is 0.928.